The van der Waals surface area contributed by atoms with Gasteiger partial charge in [0.25, 0.3) is 0 Å². The maximum absolute atomic E-state index is 8.73. The molecule has 20 heavy (non-hydrogen) atoms. The SMILES string of the molecule is OCC#Cc1cccc(Cn2ncc3ccccc32)c1. The predicted octanol–water partition coefficient (Wildman–Crippen LogP) is 2.43. The van der Waals surface area contributed by atoms with Gasteiger partial charge in [-0.3, -0.25) is 4.68 Å². The molecular formula is C17H14N2O. The average molecular weight is 262 g/mol. The molecule has 0 spiro atoms. The molecule has 0 fully saturated rings. The molecule has 3 aromatic rings. The molecule has 0 radical (unpaired) electrons. The highest BCUT2D eigenvalue weighted by molar-refractivity contribution is 5.78. The van der Waals surface area contributed by atoms with Gasteiger partial charge >= 0.3 is 0 Å². The normalized spacial score (nSPS) is 10.2. The Morgan fingerprint density at radius 1 is 1.10 bits per heavy atom. The van der Waals surface area contributed by atoms with Gasteiger partial charge in [0.15, 0.2) is 0 Å². The van der Waals surface area contributed by atoms with Crippen molar-refractivity contribution in [3.05, 3.63) is 65.9 Å². The van der Waals surface area contributed by atoms with Crippen LogP contribution in [-0.2, 0) is 6.54 Å². The van der Waals surface area contributed by atoms with Gasteiger partial charge in [0, 0.05) is 10.9 Å². The third-order valence-electron chi connectivity index (χ3n) is 3.12. The summed E-state index contributed by atoms with van der Waals surface area (Å²) in [7, 11) is 0. The van der Waals surface area contributed by atoms with E-state index in [2.05, 4.69) is 35.1 Å². The van der Waals surface area contributed by atoms with Crippen molar-refractivity contribution < 1.29 is 5.11 Å². The maximum Gasteiger partial charge on any atom is 0.104 e. The van der Waals surface area contributed by atoms with Crippen LogP contribution in [-0.4, -0.2) is 21.5 Å². The van der Waals surface area contributed by atoms with Crippen LogP contribution in [0.2, 0.25) is 0 Å². The molecule has 0 amide bonds. The van der Waals surface area contributed by atoms with Gasteiger partial charge in [0.05, 0.1) is 18.3 Å². The van der Waals surface area contributed by atoms with Gasteiger partial charge in [-0.15, -0.1) is 0 Å². The molecule has 98 valence electrons. The van der Waals surface area contributed by atoms with E-state index in [-0.39, 0.29) is 6.61 Å². The molecule has 3 nitrogen and oxygen atoms in total. The van der Waals surface area contributed by atoms with E-state index in [4.69, 9.17) is 5.11 Å². The van der Waals surface area contributed by atoms with E-state index in [1.807, 2.05) is 41.2 Å². The third kappa shape index (κ3) is 2.56. The van der Waals surface area contributed by atoms with Crippen molar-refractivity contribution >= 4 is 10.9 Å². The molecule has 3 heteroatoms. The lowest BCUT2D eigenvalue weighted by Gasteiger charge is -2.04. The Kier molecular flexibility index (Phi) is 3.49. The zero-order chi connectivity index (χ0) is 13.8. The minimum Gasteiger partial charge on any atom is -0.384 e. The minimum absolute atomic E-state index is 0.117. The number of aliphatic hydroxyl groups excluding tert-OH is 1. The van der Waals surface area contributed by atoms with Crippen molar-refractivity contribution in [2.45, 2.75) is 6.54 Å². The summed E-state index contributed by atoms with van der Waals surface area (Å²) in [5.74, 6) is 5.59. The largest absolute Gasteiger partial charge is 0.384 e. The lowest BCUT2D eigenvalue weighted by atomic mass is 10.1. The number of hydrogen-bond donors (Lipinski definition) is 1. The Bertz CT molecular complexity index is 793. The third-order valence-corrected chi connectivity index (χ3v) is 3.12. The molecule has 3 rings (SSSR count). The Labute approximate surface area is 117 Å². The highest BCUT2D eigenvalue weighted by Crippen LogP contribution is 2.15. The second-order valence-corrected chi connectivity index (χ2v) is 4.52. The second-order valence-electron chi connectivity index (χ2n) is 4.52. The molecule has 0 saturated carbocycles. The lowest BCUT2D eigenvalue weighted by molar-refractivity contribution is 0.350. The monoisotopic (exact) mass is 262 g/mol. The first-order valence-corrected chi connectivity index (χ1v) is 6.46. The molecule has 0 aliphatic heterocycles. The Hall–Kier alpha value is -2.57. The summed E-state index contributed by atoms with van der Waals surface area (Å²) < 4.78 is 1.98. The van der Waals surface area contributed by atoms with Crippen LogP contribution >= 0.6 is 0 Å². The number of aromatic nitrogens is 2. The van der Waals surface area contributed by atoms with Crippen LogP contribution in [0.5, 0.6) is 0 Å². The van der Waals surface area contributed by atoms with Crippen molar-refractivity contribution in [2.75, 3.05) is 6.61 Å². The summed E-state index contributed by atoms with van der Waals surface area (Å²) in [6, 6.07) is 16.2. The first-order chi connectivity index (χ1) is 9.86. The standard InChI is InChI=1S/C17H14N2O/c20-10-4-7-14-5-3-6-15(11-14)13-19-17-9-2-1-8-16(17)12-18-19/h1-3,5-6,8-9,11-12,20H,10,13H2. The van der Waals surface area contributed by atoms with E-state index in [0.29, 0.717) is 6.54 Å². The number of rotatable bonds is 2. The summed E-state index contributed by atoms with van der Waals surface area (Å²) in [6.45, 7) is 0.593. The number of hydrogen-bond acceptors (Lipinski definition) is 2. The predicted molar refractivity (Wildman–Crippen MR) is 79.2 cm³/mol. The Morgan fingerprint density at radius 2 is 2.00 bits per heavy atom. The molecule has 0 atom stereocenters. The number of para-hydroxylation sites is 1. The van der Waals surface area contributed by atoms with E-state index in [9.17, 15) is 0 Å². The van der Waals surface area contributed by atoms with E-state index >= 15 is 0 Å². The molecule has 0 aliphatic carbocycles. The van der Waals surface area contributed by atoms with Crippen molar-refractivity contribution in [3.8, 4) is 11.8 Å². The summed E-state index contributed by atoms with van der Waals surface area (Å²) in [5, 5.41) is 14.3. The van der Waals surface area contributed by atoms with Crippen molar-refractivity contribution in [1.29, 1.82) is 0 Å². The van der Waals surface area contributed by atoms with Crippen LogP contribution in [0.1, 0.15) is 11.1 Å². The van der Waals surface area contributed by atoms with Gasteiger partial charge in [0.1, 0.15) is 6.61 Å². The summed E-state index contributed by atoms with van der Waals surface area (Å²) in [6.07, 6.45) is 1.88. The minimum atomic E-state index is -0.117. The van der Waals surface area contributed by atoms with E-state index in [0.717, 1.165) is 22.0 Å². The zero-order valence-electron chi connectivity index (χ0n) is 11.0. The van der Waals surface area contributed by atoms with Crippen LogP contribution < -0.4 is 0 Å². The molecule has 1 heterocycles. The Morgan fingerprint density at radius 3 is 2.90 bits per heavy atom. The van der Waals surface area contributed by atoms with Gasteiger partial charge in [-0.1, -0.05) is 42.2 Å². The van der Waals surface area contributed by atoms with Crippen molar-refractivity contribution in [3.63, 3.8) is 0 Å². The quantitative estimate of drug-likeness (QED) is 0.720. The molecule has 2 aromatic carbocycles. The van der Waals surface area contributed by atoms with Crippen molar-refractivity contribution in [1.82, 2.24) is 9.78 Å². The topological polar surface area (TPSA) is 38.0 Å². The number of fused-ring (bicyclic) bond motifs is 1. The van der Waals surface area contributed by atoms with Gasteiger partial charge in [0.2, 0.25) is 0 Å². The highest BCUT2D eigenvalue weighted by Gasteiger charge is 2.02. The summed E-state index contributed by atoms with van der Waals surface area (Å²) in [5.41, 5.74) is 3.18. The number of nitrogens with zero attached hydrogens (tertiary/aromatic N) is 2. The molecule has 1 aromatic heterocycles. The molecule has 1 N–H and O–H groups in total. The lowest BCUT2D eigenvalue weighted by Crippen LogP contribution is -2.01. The van der Waals surface area contributed by atoms with Crippen LogP contribution in [0.3, 0.4) is 0 Å². The molecule has 0 bridgehead atoms. The van der Waals surface area contributed by atoms with Crippen LogP contribution in [0.25, 0.3) is 10.9 Å². The molecule has 0 saturated heterocycles. The number of aliphatic hydroxyl groups is 1. The van der Waals surface area contributed by atoms with E-state index < -0.39 is 0 Å². The first-order valence-electron chi connectivity index (χ1n) is 6.46. The van der Waals surface area contributed by atoms with E-state index in [1.54, 1.807) is 0 Å². The van der Waals surface area contributed by atoms with Crippen LogP contribution in [0.4, 0.5) is 0 Å². The zero-order valence-corrected chi connectivity index (χ0v) is 11.0. The Balaban J connectivity index is 1.91. The smallest absolute Gasteiger partial charge is 0.104 e. The van der Waals surface area contributed by atoms with Gasteiger partial charge < -0.3 is 5.11 Å². The molecular weight excluding hydrogens is 248 g/mol. The average Bonchev–Trinajstić information content (AvgIpc) is 2.89. The van der Waals surface area contributed by atoms with Gasteiger partial charge in [-0.25, -0.2) is 0 Å². The number of benzene rings is 2. The van der Waals surface area contributed by atoms with E-state index in [1.165, 1.54) is 0 Å². The van der Waals surface area contributed by atoms with Crippen LogP contribution in [0, 0.1) is 11.8 Å². The second kappa shape index (κ2) is 5.60. The van der Waals surface area contributed by atoms with Gasteiger partial charge in [-0.2, -0.15) is 5.10 Å². The highest BCUT2D eigenvalue weighted by atomic mass is 16.2. The van der Waals surface area contributed by atoms with Gasteiger partial charge in [-0.05, 0) is 23.8 Å². The molecule has 0 aliphatic rings. The molecule has 0 unspecified atom stereocenters. The first kappa shape index (κ1) is 12.5. The summed E-state index contributed by atoms with van der Waals surface area (Å²) in [4.78, 5) is 0. The maximum atomic E-state index is 8.73. The van der Waals surface area contributed by atoms with Crippen molar-refractivity contribution in [2.24, 2.45) is 0 Å². The fourth-order valence-electron chi connectivity index (χ4n) is 2.21. The fraction of sp³-hybridized carbons (Fsp3) is 0.118. The fourth-order valence-corrected chi connectivity index (χ4v) is 2.21. The summed E-state index contributed by atoms with van der Waals surface area (Å²) >= 11 is 0. The van der Waals surface area contributed by atoms with Crippen LogP contribution in [0.15, 0.2) is 54.7 Å².